The van der Waals surface area contributed by atoms with E-state index >= 15 is 0 Å². The van der Waals surface area contributed by atoms with Crippen molar-refractivity contribution < 1.29 is 0 Å². The first-order valence-corrected chi connectivity index (χ1v) is 13.3. The molecule has 0 aliphatic heterocycles. The van der Waals surface area contributed by atoms with Crippen LogP contribution in [0.3, 0.4) is 0 Å². The number of hydrogen-bond acceptors (Lipinski definition) is 3. The molecule has 4 heteroatoms. The third kappa shape index (κ3) is 3.47. The summed E-state index contributed by atoms with van der Waals surface area (Å²) in [5.41, 5.74) is 6.33. The molecule has 0 saturated carbocycles. The molecular weight excluding hydrogens is 493 g/mol. The van der Waals surface area contributed by atoms with Crippen LogP contribution in [0.4, 0.5) is 0 Å². The first kappa shape index (κ1) is 20.3. The maximum atomic E-state index is 5.15. The number of para-hydroxylation sites is 1. The molecule has 5 aromatic carbocycles. The van der Waals surface area contributed by atoms with E-state index in [1.807, 2.05) is 24.3 Å². The van der Waals surface area contributed by atoms with Crippen LogP contribution in [0.25, 0.3) is 64.2 Å². The van der Waals surface area contributed by atoms with Gasteiger partial charge in [-0.2, -0.15) is 0 Å². The summed E-state index contributed by atoms with van der Waals surface area (Å²) in [4.78, 5) is 15.2. The Morgan fingerprint density at radius 2 is 1.26 bits per heavy atom. The molecule has 0 N–H and O–H groups in total. The van der Waals surface area contributed by atoms with Crippen molar-refractivity contribution in [3.05, 3.63) is 115 Å². The van der Waals surface area contributed by atoms with E-state index < -0.39 is 0 Å². The second kappa shape index (κ2) is 8.28. The van der Waals surface area contributed by atoms with Crippen molar-refractivity contribution in [2.24, 2.45) is 0 Å². The van der Waals surface area contributed by atoms with Gasteiger partial charge >= 0.3 is 209 Å². The van der Waals surface area contributed by atoms with E-state index in [0.29, 0.717) is 0 Å². The fourth-order valence-corrected chi connectivity index (χ4v) is 7.05. The Labute approximate surface area is 208 Å². The predicted molar refractivity (Wildman–Crippen MR) is 146 cm³/mol. The molecule has 0 aliphatic carbocycles. The molecule has 0 spiro atoms. The molecule has 0 bridgehead atoms. The number of aromatic nitrogens is 3. The standard InChI is InChI=1S/C31H19N3Se/c1-3-10-21(11-4-1)28-23-15-7-8-17-25(23)32-30(34-28)24-16-9-14-20-18-19-26-29(27(20)24)35-31(33-26)22-12-5-2-6-13-22/h1-19H. The van der Waals surface area contributed by atoms with E-state index in [1.165, 1.54) is 25.2 Å². The molecule has 0 atom stereocenters. The molecule has 0 unspecified atom stereocenters. The van der Waals surface area contributed by atoms with E-state index in [2.05, 4.69) is 91.0 Å². The van der Waals surface area contributed by atoms with Gasteiger partial charge in [0.05, 0.1) is 0 Å². The van der Waals surface area contributed by atoms with E-state index in [4.69, 9.17) is 15.0 Å². The van der Waals surface area contributed by atoms with Crippen LogP contribution in [-0.4, -0.2) is 29.5 Å². The Bertz CT molecular complexity index is 1840. The molecule has 7 rings (SSSR count). The zero-order valence-corrected chi connectivity index (χ0v) is 20.4. The van der Waals surface area contributed by atoms with E-state index in [0.717, 1.165) is 39.1 Å². The molecule has 0 aliphatic rings. The molecule has 35 heavy (non-hydrogen) atoms. The summed E-state index contributed by atoms with van der Waals surface area (Å²) in [6.45, 7) is 0. The van der Waals surface area contributed by atoms with Crippen molar-refractivity contribution in [3.63, 3.8) is 0 Å². The summed E-state index contributed by atoms with van der Waals surface area (Å²) in [7, 11) is 0. The third-order valence-corrected chi connectivity index (χ3v) is 8.70. The second-order valence-corrected chi connectivity index (χ2v) is 10.6. The number of nitrogens with zero attached hydrogens (tertiary/aromatic N) is 3. The average Bonchev–Trinajstić information content (AvgIpc) is 3.38. The normalized spacial score (nSPS) is 11.4. The molecule has 3 nitrogen and oxygen atoms in total. The summed E-state index contributed by atoms with van der Waals surface area (Å²) in [6.07, 6.45) is 0. The minimum absolute atomic E-state index is 0.103. The molecule has 0 saturated heterocycles. The van der Waals surface area contributed by atoms with Crippen molar-refractivity contribution in [1.82, 2.24) is 15.0 Å². The maximum absolute atomic E-state index is 5.15. The van der Waals surface area contributed by atoms with Gasteiger partial charge in [0, 0.05) is 0 Å². The van der Waals surface area contributed by atoms with Gasteiger partial charge < -0.3 is 0 Å². The minimum atomic E-state index is 0.103. The monoisotopic (exact) mass is 513 g/mol. The summed E-state index contributed by atoms with van der Waals surface area (Å²) >= 11 is 0.103. The Morgan fingerprint density at radius 1 is 0.514 bits per heavy atom. The summed E-state index contributed by atoms with van der Waals surface area (Å²) in [6, 6.07) is 39.9. The SMILES string of the molecule is c1ccc(-c2nc3ccc4cccc(-c5nc(-c6ccccc6)c6ccccc6n5)c4c3[se]2)cc1. The van der Waals surface area contributed by atoms with Gasteiger partial charge in [-0.1, -0.05) is 0 Å². The molecule has 2 aromatic heterocycles. The van der Waals surface area contributed by atoms with Crippen LogP contribution in [0.1, 0.15) is 0 Å². The van der Waals surface area contributed by atoms with Crippen molar-refractivity contribution in [1.29, 1.82) is 0 Å². The average molecular weight is 512 g/mol. The van der Waals surface area contributed by atoms with Gasteiger partial charge in [0.1, 0.15) is 0 Å². The Hall–Kier alpha value is -4.11. The van der Waals surface area contributed by atoms with E-state index in [9.17, 15) is 0 Å². The Kier molecular flexibility index (Phi) is 4.80. The van der Waals surface area contributed by atoms with Crippen molar-refractivity contribution in [2.45, 2.75) is 0 Å². The summed E-state index contributed by atoms with van der Waals surface area (Å²) in [5, 5.41) is 3.48. The first-order valence-electron chi connectivity index (χ1n) is 11.6. The molecule has 0 radical (unpaired) electrons. The zero-order chi connectivity index (χ0) is 23.2. The molecule has 164 valence electrons. The van der Waals surface area contributed by atoms with Gasteiger partial charge in [0.15, 0.2) is 0 Å². The van der Waals surface area contributed by atoms with Crippen LogP contribution >= 0.6 is 0 Å². The molecule has 2 heterocycles. The van der Waals surface area contributed by atoms with E-state index in [1.54, 1.807) is 0 Å². The van der Waals surface area contributed by atoms with E-state index in [-0.39, 0.29) is 14.5 Å². The fraction of sp³-hybridized carbons (Fsp3) is 0. The number of fused-ring (bicyclic) bond motifs is 4. The zero-order valence-electron chi connectivity index (χ0n) is 18.7. The van der Waals surface area contributed by atoms with Gasteiger partial charge in [-0.3, -0.25) is 0 Å². The van der Waals surface area contributed by atoms with Crippen molar-refractivity contribution >= 4 is 46.0 Å². The first-order chi connectivity index (χ1) is 17.3. The number of benzene rings is 5. The molecular formula is C31H19N3Se. The van der Waals surface area contributed by atoms with Crippen molar-refractivity contribution in [2.75, 3.05) is 0 Å². The molecule has 7 aromatic rings. The van der Waals surface area contributed by atoms with Crippen LogP contribution < -0.4 is 0 Å². The fourth-order valence-electron chi connectivity index (χ4n) is 4.66. The van der Waals surface area contributed by atoms with Gasteiger partial charge in [0.2, 0.25) is 0 Å². The quantitative estimate of drug-likeness (QED) is 0.232. The van der Waals surface area contributed by atoms with Crippen LogP contribution in [0.15, 0.2) is 115 Å². The van der Waals surface area contributed by atoms with Crippen LogP contribution in [0, 0.1) is 0 Å². The summed E-state index contributed by atoms with van der Waals surface area (Å²) < 4.78 is 2.47. The van der Waals surface area contributed by atoms with Gasteiger partial charge in [-0.15, -0.1) is 0 Å². The second-order valence-electron chi connectivity index (χ2n) is 8.48. The summed E-state index contributed by atoms with van der Waals surface area (Å²) in [5.74, 6) is 0.755. The van der Waals surface area contributed by atoms with Crippen LogP contribution in [0.5, 0.6) is 0 Å². The number of rotatable bonds is 3. The van der Waals surface area contributed by atoms with Crippen molar-refractivity contribution in [3.8, 4) is 32.8 Å². The predicted octanol–water partition coefficient (Wildman–Crippen LogP) is 7.39. The van der Waals surface area contributed by atoms with Gasteiger partial charge in [0.25, 0.3) is 0 Å². The van der Waals surface area contributed by atoms with Crippen LogP contribution in [-0.2, 0) is 0 Å². The van der Waals surface area contributed by atoms with Crippen LogP contribution in [0.2, 0.25) is 0 Å². The Balaban J connectivity index is 1.53. The third-order valence-electron chi connectivity index (χ3n) is 6.31. The molecule has 0 fully saturated rings. The molecule has 0 amide bonds. The topological polar surface area (TPSA) is 38.7 Å². The Morgan fingerprint density at radius 3 is 2.09 bits per heavy atom. The number of hydrogen-bond donors (Lipinski definition) is 0. The van der Waals surface area contributed by atoms with Gasteiger partial charge in [-0.05, 0) is 0 Å². The van der Waals surface area contributed by atoms with Gasteiger partial charge in [-0.25, -0.2) is 0 Å².